The molecule has 0 bridgehead atoms. The molecule has 1 saturated heterocycles. The summed E-state index contributed by atoms with van der Waals surface area (Å²) in [5, 5.41) is 2.74. The highest BCUT2D eigenvalue weighted by atomic mass is 32.2. The Bertz CT molecular complexity index is 775. The van der Waals surface area contributed by atoms with Crippen molar-refractivity contribution in [3.05, 3.63) is 29.8 Å². The van der Waals surface area contributed by atoms with Crippen LogP contribution in [0.15, 0.2) is 34.7 Å². The fourth-order valence-corrected chi connectivity index (χ4v) is 4.35. The molecular weight excluding hydrogens is 352 g/mol. The summed E-state index contributed by atoms with van der Waals surface area (Å²) >= 11 is 0. The predicted octanol–water partition coefficient (Wildman–Crippen LogP) is 3.55. The Morgan fingerprint density at radius 3 is 2.42 bits per heavy atom. The van der Waals surface area contributed by atoms with Gasteiger partial charge in [0.15, 0.2) is 0 Å². The summed E-state index contributed by atoms with van der Waals surface area (Å²) in [5.41, 5.74) is 1.21. The van der Waals surface area contributed by atoms with Crippen molar-refractivity contribution >= 4 is 21.6 Å². The number of hydrogen-bond donors (Lipinski definition) is 1. The molecule has 0 radical (unpaired) electrons. The summed E-state index contributed by atoms with van der Waals surface area (Å²) < 4.78 is 33.0. The van der Waals surface area contributed by atoms with Crippen molar-refractivity contribution in [1.29, 1.82) is 0 Å². The van der Waals surface area contributed by atoms with Gasteiger partial charge in [0.25, 0.3) is 0 Å². The van der Waals surface area contributed by atoms with Gasteiger partial charge < -0.3 is 10.1 Å². The molecular formula is C19H28N2O4S. The van der Waals surface area contributed by atoms with Crippen molar-refractivity contribution in [2.24, 2.45) is 0 Å². The summed E-state index contributed by atoms with van der Waals surface area (Å²) in [5.74, 6) is 0.138. The van der Waals surface area contributed by atoms with Crippen LogP contribution in [0.3, 0.4) is 0 Å². The number of amides is 1. The van der Waals surface area contributed by atoms with Crippen LogP contribution in [-0.2, 0) is 14.8 Å². The fraction of sp³-hybridized carbons (Fsp3) is 0.526. The molecule has 0 unspecified atom stereocenters. The zero-order chi connectivity index (χ0) is 19.3. The van der Waals surface area contributed by atoms with Crippen LogP contribution in [0.25, 0.3) is 0 Å². The van der Waals surface area contributed by atoms with E-state index in [1.807, 2.05) is 27.7 Å². The second kappa shape index (κ2) is 8.68. The van der Waals surface area contributed by atoms with Crippen LogP contribution in [0.5, 0.6) is 5.75 Å². The van der Waals surface area contributed by atoms with Crippen molar-refractivity contribution < 1.29 is 17.9 Å². The van der Waals surface area contributed by atoms with Crippen molar-refractivity contribution in [3.8, 4) is 5.75 Å². The number of rotatable bonds is 6. The Morgan fingerprint density at radius 2 is 1.85 bits per heavy atom. The molecule has 7 heteroatoms. The van der Waals surface area contributed by atoms with Gasteiger partial charge in [-0.1, -0.05) is 12.0 Å². The van der Waals surface area contributed by atoms with E-state index in [-0.39, 0.29) is 16.9 Å². The lowest BCUT2D eigenvalue weighted by Crippen LogP contribution is -2.35. The third-order valence-corrected chi connectivity index (χ3v) is 5.84. The number of benzene rings is 1. The number of piperidine rings is 1. The SMILES string of the molecule is CC(C)=CC(=O)Nc1cc(S(=O)(=O)N2CCCCC2)ccc1OC(C)C. The summed E-state index contributed by atoms with van der Waals surface area (Å²) in [6.07, 6.45) is 4.16. The van der Waals surface area contributed by atoms with Crippen molar-refractivity contribution in [3.63, 3.8) is 0 Å². The summed E-state index contributed by atoms with van der Waals surface area (Å²) in [6, 6.07) is 4.63. The van der Waals surface area contributed by atoms with Gasteiger partial charge in [0.2, 0.25) is 15.9 Å². The van der Waals surface area contributed by atoms with Gasteiger partial charge in [-0.15, -0.1) is 0 Å². The van der Waals surface area contributed by atoms with E-state index < -0.39 is 10.0 Å². The van der Waals surface area contributed by atoms with Gasteiger partial charge >= 0.3 is 0 Å². The quantitative estimate of drug-likeness (QED) is 0.766. The first kappa shape index (κ1) is 20.5. The van der Waals surface area contributed by atoms with E-state index in [1.54, 1.807) is 6.07 Å². The van der Waals surface area contributed by atoms with Gasteiger partial charge in [-0.05, 0) is 58.7 Å². The fourth-order valence-electron chi connectivity index (χ4n) is 2.81. The topological polar surface area (TPSA) is 75.7 Å². The standard InChI is InChI=1S/C19H28N2O4S/c1-14(2)12-19(22)20-17-13-16(8-9-18(17)25-15(3)4)26(23,24)21-10-6-5-7-11-21/h8-9,12-13,15H,5-7,10-11H2,1-4H3,(H,20,22). The van der Waals surface area contributed by atoms with Gasteiger partial charge in [-0.3, -0.25) is 4.79 Å². The van der Waals surface area contributed by atoms with E-state index in [0.29, 0.717) is 24.5 Å². The molecule has 0 aliphatic carbocycles. The molecule has 1 amide bonds. The second-order valence-electron chi connectivity index (χ2n) is 7.00. The average Bonchev–Trinajstić information content (AvgIpc) is 2.56. The molecule has 26 heavy (non-hydrogen) atoms. The third kappa shape index (κ3) is 5.32. The number of allylic oxidation sites excluding steroid dienone is 1. The maximum atomic E-state index is 12.9. The Morgan fingerprint density at radius 1 is 1.19 bits per heavy atom. The zero-order valence-electron chi connectivity index (χ0n) is 15.9. The molecule has 0 atom stereocenters. The average molecular weight is 381 g/mol. The van der Waals surface area contributed by atoms with Crippen LogP contribution in [-0.4, -0.2) is 37.8 Å². The highest BCUT2D eigenvalue weighted by molar-refractivity contribution is 7.89. The second-order valence-corrected chi connectivity index (χ2v) is 8.94. The highest BCUT2D eigenvalue weighted by Crippen LogP contribution is 2.31. The monoisotopic (exact) mass is 380 g/mol. The number of nitrogens with one attached hydrogen (secondary N) is 1. The molecule has 1 N–H and O–H groups in total. The van der Waals surface area contributed by atoms with E-state index in [9.17, 15) is 13.2 Å². The molecule has 1 aromatic carbocycles. The molecule has 2 rings (SSSR count). The van der Waals surface area contributed by atoms with Gasteiger partial charge in [-0.25, -0.2) is 8.42 Å². The molecule has 1 heterocycles. The molecule has 1 fully saturated rings. The normalized spacial score (nSPS) is 15.6. The molecule has 1 aliphatic rings. The lowest BCUT2D eigenvalue weighted by Gasteiger charge is -2.26. The third-order valence-electron chi connectivity index (χ3n) is 3.94. The lowest BCUT2D eigenvalue weighted by atomic mass is 10.2. The van der Waals surface area contributed by atoms with Crippen LogP contribution >= 0.6 is 0 Å². The van der Waals surface area contributed by atoms with Crippen LogP contribution in [0.1, 0.15) is 47.0 Å². The van der Waals surface area contributed by atoms with E-state index in [4.69, 9.17) is 4.74 Å². The first-order chi connectivity index (χ1) is 12.2. The van der Waals surface area contributed by atoms with E-state index in [0.717, 1.165) is 24.8 Å². The van der Waals surface area contributed by atoms with Gasteiger partial charge in [0, 0.05) is 19.2 Å². The lowest BCUT2D eigenvalue weighted by molar-refractivity contribution is -0.112. The van der Waals surface area contributed by atoms with E-state index in [1.165, 1.54) is 22.5 Å². The Kier molecular flexibility index (Phi) is 6.83. The first-order valence-electron chi connectivity index (χ1n) is 8.97. The zero-order valence-corrected chi connectivity index (χ0v) is 16.7. The number of ether oxygens (including phenoxy) is 1. The van der Waals surface area contributed by atoms with Crippen molar-refractivity contribution in [2.75, 3.05) is 18.4 Å². The predicted molar refractivity (Wildman–Crippen MR) is 103 cm³/mol. The van der Waals surface area contributed by atoms with Gasteiger partial charge in [0.05, 0.1) is 16.7 Å². The minimum atomic E-state index is -3.58. The van der Waals surface area contributed by atoms with Crippen molar-refractivity contribution in [2.45, 2.75) is 58.0 Å². The number of hydrogen-bond acceptors (Lipinski definition) is 4. The van der Waals surface area contributed by atoms with Crippen LogP contribution < -0.4 is 10.1 Å². The maximum Gasteiger partial charge on any atom is 0.248 e. The van der Waals surface area contributed by atoms with Crippen molar-refractivity contribution in [1.82, 2.24) is 4.31 Å². The summed E-state index contributed by atoms with van der Waals surface area (Å²) in [4.78, 5) is 12.3. The van der Waals surface area contributed by atoms with Crippen LogP contribution in [0.2, 0.25) is 0 Å². The summed E-state index contributed by atoms with van der Waals surface area (Å²) in [6.45, 7) is 8.46. The molecule has 144 valence electrons. The number of carbonyl (C=O) groups is 1. The molecule has 0 aromatic heterocycles. The van der Waals surface area contributed by atoms with Gasteiger partial charge in [0.1, 0.15) is 5.75 Å². The molecule has 1 aromatic rings. The summed E-state index contributed by atoms with van der Waals surface area (Å²) in [7, 11) is -3.58. The molecule has 0 spiro atoms. The van der Waals surface area contributed by atoms with Crippen LogP contribution in [0, 0.1) is 0 Å². The molecule has 6 nitrogen and oxygen atoms in total. The first-order valence-corrected chi connectivity index (χ1v) is 10.4. The van der Waals surface area contributed by atoms with E-state index in [2.05, 4.69) is 5.32 Å². The van der Waals surface area contributed by atoms with E-state index >= 15 is 0 Å². The largest absolute Gasteiger partial charge is 0.489 e. The Hall–Kier alpha value is -1.86. The molecule has 0 saturated carbocycles. The maximum absolute atomic E-state index is 12.9. The minimum Gasteiger partial charge on any atom is -0.489 e. The minimum absolute atomic E-state index is 0.0985. The number of nitrogens with zero attached hydrogens (tertiary/aromatic N) is 1. The number of anilines is 1. The Labute approximate surface area is 156 Å². The molecule has 1 aliphatic heterocycles. The smallest absolute Gasteiger partial charge is 0.248 e. The van der Waals surface area contributed by atoms with Crippen LogP contribution in [0.4, 0.5) is 5.69 Å². The highest BCUT2D eigenvalue weighted by Gasteiger charge is 2.27. The number of carbonyl (C=O) groups excluding carboxylic acids is 1. The Balaban J connectivity index is 2.38. The van der Waals surface area contributed by atoms with Gasteiger partial charge in [-0.2, -0.15) is 4.31 Å². The number of sulfonamides is 1.